The lowest BCUT2D eigenvalue weighted by molar-refractivity contribution is -0.131. The van der Waals surface area contributed by atoms with Crippen LogP contribution in [-0.4, -0.2) is 22.8 Å². The molecule has 1 aromatic heterocycles. The molecule has 0 aliphatic rings. The number of benzene rings is 1. The summed E-state index contributed by atoms with van der Waals surface area (Å²) in [6, 6.07) is 7.70. The highest BCUT2D eigenvalue weighted by atomic mass is 32.1. The molecule has 0 unspecified atom stereocenters. The van der Waals surface area contributed by atoms with Gasteiger partial charge < -0.3 is 10.6 Å². The first-order valence-corrected chi connectivity index (χ1v) is 9.09. The topological polar surface area (TPSA) is 71.1 Å². The van der Waals surface area contributed by atoms with Crippen molar-refractivity contribution in [2.45, 2.75) is 47.1 Å². The molecule has 0 spiro atoms. The van der Waals surface area contributed by atoms with Crippen molar-refractivity contribution in [3.63, 3.8) is 0 Å². The van der Waals surface area contributed by atoms with Crippen molar-refractivity contribution in [1.82, 2.24) is 10.3 Å². The van der Waals surface area contributed by atoms with Gasteiger partial charge in [0.15, 0.2) is 5.13 Å². The monoisotopic (exact) mass is 359 g/mol. The lowest BCUT2D eigenvalue weighted by atomic mass is 9.95. The van der Waals surface area contributed by atoms with Gasteiger partial charge in [0.1, 0.15) is 6.04 Å². The summed E-state index contributed by atoms with van der Waals surface area (Å²) in [4.78, 5) is 29.5. The predicted octanol–water partition coefficient (Wildman–Crippen LogP) is 3.53. The Kier molecular flexibility index (Phi) is 5.95. The van der Waals surface area contributed by atoms with Gasteiger partial charge in [0, 0.05) is 22.9 Å². The first-order chi connectivity index (χ1) is 11.6. The smallest absolute Gasteiger partial charge is 0.248 e. The van der Waals surface area contributed by atoms with Crippen LogP contribution in [0.4, 0.5) is 5.13 Å². The SMILES string of the molecule is Cc1cccc(Cc2cnc(NC(=O)[C@@H](C)NC(=O)C(C)(C)C)s2)c1. The van der Waals surface area contributed by atoms with E-state index in [2.05, 4.69) is 40.7 Å². The van der Waals surface area contributed by atoms with Gasteiger partial charge in [-0.3, -0.25) is 9.59 Å². The molecule has 0 saturated heterocycles. The molecule has 1 aromatic carbocycles. The number of rotatable bonds is 5. The highest BCUT2D eigenvalue weighted by Crippen LogP contribution is 2.22. The Balaban J connectivity index is 1.94. The zero-order valence-corrected chi connectivity index (χ0v) is 16.2. The molecule has 2 N–H and O–H groups in total. The molecule has 0 aliphatic heterocycles. The molecule has 25 heavy (non-hydrogen) atoms. The maximum absolute atomic E-state index is 12.2. The van der Waals surface area contributed by atoms with Crippen molar-refractivity contribution in [3.05, 3.63) is 46.5 Å². The van der Waals surface area contributed by atoms with Crippen LogP contribution < -0.4 is 10.6 Å². The summed E-state index contributed by atoms with van der Waals surface area (Å²) in [5.74, 6) is -0.427. The van der Waals surface area contributed by atoms with Gasteiger partial charge in [0.25, 0.3) is 0 Å². The summed E-state index contributed by atoms with van der Waals surface area (Å²) in [7, 11) is 0. The zero-order valence-electron chi connectivity index (χ0n) is 15.3. The predicted molar refractivity (Wildman–Crippen MR) is 102 cm³/mol. The number of carbonyl (C=O) groups excluding carboxylic acids is 2. The average Bonchev–Trinajstić information content (AvgIpc) is 2.93. The second-order valence-corrected chi connectivity index (χ2v) is 8.35. The summed E-state index contributed by atoms with van der Waals surface area (Å²) in [6.07, 6.45) is 2.56. The number of hydrogen-bond acceptors (Lipinski definition) is 4. The number of nitrogens with one attached hydrogen (secondary N) is 2. The third-order valence-electron chi connectivity index (χ3n) is 3.67. The van der Waals surface area contributed by atoms with E-state index in [4.69, 9.17) is 0 Å². The molecule has 2 amide bonds. The number of amides is 2. The molecule has 0 aliphatic carbocycles. The highest BCUT2D eigenvalue weighted by Gasteiger charge is 2.25. The number of thiazole rings is 1. The molecule has 6 heteroatoms. The van der Waals surface area contributed by atoms with E-state index >= 15 is 0 Å². The van der Waals surface area contributed by atoms with Gasteiger partial charge in [-0.15, -0.1) is 11.3 Å². The van der Waals surface area contributed by atoms with Crippen molar-refractivity contribution >= 4 is 28.3 Å². The van der Waals surface area contributed by atoms with Gasteiger partial charge in [-0.1, -0.05) is 50.6 Å². The number of aromatic nitrogens is 1. The number of hydrogen-bond donors (Lipinski definition) is 2. The first kappa shape index (κ1) is 19.1. The second-order valence-electron chi connectivity index (χ2n) is 7.23. The summed E-state index contributed by atoms with van der Waals surface area (Å²) >= 11 is 1.45. The van der Waals surface area contributed by atoms with Crippen LogP contribution in [0.15, 0.2) is 30.5 Å². The van der Waals surface area contributed by atoms with E-state index < -0.39 is 11.5 Å². The van der Waals surface area contributed by atoms with Gasteiger partial charge in [-0.2, -0.15) is 0 Å². The molecule has 0 fully saturated rings. The van der Waals surface area contributed by atoms with Gasteiger partial charge in [0.05, 0.1) is 0 Å². The van der Waals surface area contributed by atoms with Crippen LogP contribution in [0.1, 0.15) is 43.7 Å². The van der Waals surface area contributed by atoms with E-state index in [0.717, 1.165) is 11.3 Å². The van der Waals surface area contributed by atoms with Gasteiger partial charge >= 0.3 is 0 Å². The molecule has 1 atom stereocenters. The van der Waals surface area contributed by atoms with Crippen LogP contribution in [-0.2, 0) is 16.0 Å². The lowest BCUT2D eigenvalue weighted by Gasteiger charge is -2.21. The third-order valence-corrected chi connectivity index (χ3v) is 4.58. The van der Waals surface area contributed by atoms with Gasteiger partial charge in [-0.25, -0.2) is 4.98 Å². The first-order valence-electron chi connectivity index (χ1n) is 8.27. The van der Waals surface area contributed by atoms with E-state index in [9.17, 15) is 9.59 Å². The Morgan fingerprint density at radius 3 is 2.64 bits per heavy atom. The molecule has 0 radical (unpaired) electrons. The van der Waals surface area contributed by atoms with Crippen LogP contribution in [0.25, 0.3) is 0 Å². The summed E-state index contributed by atoms with van der Waals surface area (Å²) < 4.78 is 0. The molecule has 2 aromatic rings. The molecule has 0 bridgehead atoms. The zero-order chi connectivity index (χ0) is 18.6. The maximum Gasteiger partial charge on any atom is 0.248 e. The Labute approximate surface area is 152 Å². The van der Waals surface area contributed by atoms with Crippen LogP contribution in [0.3, 0.4) is 0 Å². The van der Waals surface area contributed by atoms with Crippen molar-refractivity contribution in [2.24, 2.45) is 5.41 Å². The number of carbonyl (C=O) groups is 2. The normalized spacial score (nSPS) is 12.5. The van der Waals surface area contributed by atoms with Crippen LogP contribution in [0.5, 0.6) is 0 Å². The summed E-state index contributed by atoms with van der Waals surface area (Å²) in [5, 5.41) is 6.03. The summed E-state index contributed by atoms with van der Waals surface area (Å²) in [5.41, 5.74) is 1.91. The molecule has 1 heterocycles. The Morgan fingerprint density at radius 2 is 2.00 bits per heavy atom. The molecule has 0 saturated carbocycles. The number of anilines is 1. The Morgan fingerprint density at radius 1 is 1.28 bits per heavy atom. The fourth-order valence-electron chi connectivity index (χ4n) is 2.16. The van der Waals surface area contributed by atoms with Crippen molar-refractivity contribution < 1.29 is 9.59 Å². The Bertz CT molecular complexity index is 762. The van der Waals surface area contributed by atoms with E-state index in [-0.39, 0.29) is 11.8 Å². The highest BCUT2D eigenvalue weighted by molar-refractivity contribution is 7.15. The van der Waals surface area contributed by atoms with E-state index in [0.29, 0.717) is 5.13 Å². The minimum atomic E-state index is -0.615. The van der Waals surface area contributed by atoms with E-state index in [1.807, 2.05) is 26.8 Å². The fraction of sp³-hybridized carbons (Fsp3) is 0.421. The van der Waals surface area contributed by atoms with Crippen molar-refractivity contribution in [3.8, 4) is 0 Å². The second kappa shape index (κ2) is 7.78. The largest absolute Gasteiger partial charge is 0.344 e. The number of nitrogens with zero attached hydrogens (tertiary/aromatic N) is 1. The maximum atomic E-state index is 12.2. The third kappa shape index (κ3) is 5.67. The van der Waals surface area contributed by atoms with E-state index in [1.54, 1.807) is 13.1 Å². The number of aryl methyl sites for hydroxylation is 1. The molecule has 5 nitrogen and oxygen atoms in total. The minimum Gasteiger partial charge on any atom is -0.344 e. The van der Waals surface area contributed by atoms with Crippen LogP contribution in [0, 0.1) is 12.3 Å². The Hall–Kier alpha value is -2.21. The summed E-state index contributed by atoms with van der Waals surface area (Å²) in [6.45, 7) is 9.16. The standard InChI is InChI=1S/C19H25N3O2S/c1-12-7-6-8-14(9-12)10-15-11-20-18(25-15)22-16(23)13(2)21-17(24)19(3,4)5/h6-9,11,13H,10H2,1-5H3,(H,21,24)(H,20,22,23)/t13-/m1/s1. The van der Waals surface area contributed by atoms with Crippen LogP contribution in [0.2, 0.25) is 0 Å². The quantitative estimate of drug-likeness (QED) is 0.858. The van der Waals surface area contributed by atoms with Crippen molar-refractivity contribution in [2.75, 3.05) is 5.32 Å². The van der Waals surface area contributed by atoms with Gasteiger partial charge in [-0.05, 0) is 19.4 Å². The van der Waals surface area contributed by atoms with Crippen molar-refractivity contribution in [1.29, 1.82) is 0 Å². The van der Waals surface area contributed by atoms with Crippen LogP contribution >= 0.6 is 11.3 Å². The fourth-order valence-corrected chi connectivity index (χ4v) is 3.01. The van der Waals surface area contributed by atoms with E-state index in [1.165, 1.54) is 22.5 Å². The molecule has 134 valence electrons. The molecular formula is C19H25N3O2S. The average molecular weight is 359 g/mol. The molecule has 2 rings (SSSR count). The minimum absolute atomic E-state index is 0.158. The lowest BCUT2D eigenvalue weighted by Crippen LogP contribution is -2.46. The van der Waals surface area contributed by atoms with Gasteiger partial charge in [0.2, 0.25) is 11.8 Å². The molecular weight excluding hydrogens is 334 g/mol.